The molecule has 0 unspecified atom stereocenters. The Morgan fingerprint density at radius 1 is 1.54 bits per heavy atom. The van der Waals surface area contributed by atoms with E-state index in [1.807, 2.05) is 0 Å². The lowest BCUT2D eigenvalue weighted by Gasteiger charge is -2.37. The van der Waals surface area contributed by atoms with Crippen molar-refractivity contribution in [3.05, 3.63) is 12.2 Å². The van der Waals surface area contributed by atoms with Gasteiger partial charge in [0.15, 0.2) is 0 Å². The largest absolute Gasteiger partial charge is 0.315 e. The summed E-state index contributed by atoms with van der Waals surface area (Å²) in [5, 5.41) is 3.50. The zero-order valence-electron chi connectivity index (χ0n) is 8.55. The van der Waals surface area contributed by atoms with Crippen molar-refractivity contribution in [1.82, 2.24) is 10.2 Å². The summed E-state index contributed by atoms with van der Waals surface area (Å²) in [4.78, 5) is 2.61. The second-order valence-corrected chi connectivity index (χ2v) is 4.56. The molecule has 0 spiro atoms. The van der Waals surface area contributed by atoms with Crippen LogP contribution in [0.25, 0.3) is 0 Å². The van der Waals surface area contributed by atoms with E-state index in [0.29, 0.717) is 0 Å². The first-order valence-corrected chi connectivity index (χ1v) is 5.36. The maximum absolute atomic E-state index is 4.00. The minimum Gasteiger partial charge on any atom is -0.315 e. The number of hydrogen-bond donors (Lipinski definition) is 1. The van der Waals surface area contributed by atoms with Crippen LogP contribution in [0.5, 0.6) is 0 Å². The van der Waals surface area contributed by atoms with Crippen LogP contribution in [0.1, 0.15) is 19.8 Å². The average Bonchev–Trinajstić information content (AvgIpc) is 2.51. The predicted octanol–water partition coefficient (Wildman–Crippen LogP) is 1.25. The van der Waals surface area contributed by atoms with Crippen molar-refractivity contribution in [3.8, 4) is 0 Å². The zero-order valence-corrected chi connectivity index (χ0v) is 8.55. The molecule has 2 aliphatic heterocycles. The van der Waals surface area contributed by atoms with Crippen molar-refractivity contribution in [1.29, 1.82) is 0 Å². The summed E-state index contributed by atoms with van der Waals surface area (Å²) < 4.78 is 0. The number of piperidine rings is 1. The molecule has 0 bridgehead atoms. The summed E-state index contributed by atoms with van der Waals surface area (Å²) in [6.07, 6.45) is 2.79. The molecule has 2 heterocycles. The Balaban J connectivity index is 1.97. The molecule has 13 heavy (non-hydrogen) atoms. The highest BCUT2D eigenvalue weighted by Gasteiger charge is 2.34. The van der Waals surface area contributed by atoms with Crippen LogP contribution in [-0.2, 0) is 0 Å². The average molecular weight is 180 g/mol. The summed E-state index contributed by atoms with van der Waals surface area (Å²) in [7, 11) is 0. The third kappa shape index (κ3) is 1.94. The number of rotatable bonds is 2. The van der Waals surface area contributed by atoms with E-state index in [9.17, 15) is 0 Å². The van der Waals surface area contributed by atoms with Gasteiger partial charge in [0.1, 0.15) is 0 Å². The Hall–Kier alpha value is -0.340. The van der Waals surface area contributed by atoms with Gasteiger partial charge >= 0.3 is 0 Å². The van der Waals surface area contributed by atoms with E-state index in [1.54, 1.807) is 0 Å². The van der Waals surface area contributed by atoms with Gasteiger partial charge in [-0.15, -0.1) is 0 Å². The SMILES string of the molecule is C=C(C)CN1CCC[C@@H]2CNC[C@@H]21. The van der Waals surface area contributed by atoms with Gasteiger partial charge in [0.2, 0.25) is 0 Å². The van der Waals surface area contributed by atoms with Crippen molar-refractivity contribution < 1.29 is 0 Å². The lowest BCUT2D eigenvalue weighted by molar-refractivity contribution is 0.137. The molecule has 0 aliphatic carbocycles. The first-order chi connectivity index (χ1) is 6.27. The molecule has 2 rings (SSSR count). The quantitative estimate of drug-likeness (QED) is 0.643. The van der Waals surface area contributed by atoms with Gasteiger partial charge in [0.25, 0.3) is 0 Å². The van der Waals surface area contributed by atoms with Crippen LogP contribution >= 0.6 is 0 Å². The Morgan fingerprint density at radius 2 is 2.38 bits per heavy atom. The van der Waals surface area contributed by atoms with Gasteiger partial charge in [0.05, 0.1) is 0 Å². The Labute approximate surface area is 81.0 Å². The number of hydrogen-bond acceptors (Lipinski definition) is 2. The summed E-state index contributed by atoms with van der Waals surface area (Å²) in [6, 6.07) is 0.797. The van der Waals surface area contributed by atoms with Crippen LogP contribution in [0.15, 0.2) is 12.2 Å². The molecule has 74 valence electrons. The molecule has 2 aliphatic rings. The van der Waals surface area contributed by atoms with E-state index in [2.05, 4.69) is 23.7 Å². The van der Waals surface area contributed by atoms with Crippen molar-refractivity contribution in [2.75, 3.05) is 26.2 Å². The van der Waals surface area contributed by atoms with E-state index < -0.39 is 0 Å². The maximum Gasteiger partial charge on any atom is 0.0264 e. The van der Waals surface area contributed by atoms with Gasteiger partial charge in [-0.3, -0.25) is 4.90 Å². The van der Waals surface area contributed by atoms with Gasteiger partial charge < -0.3 is 5.32 Å². The fraction of sp³-hybridized carbons (Fsp3) is 0.818. The molecule has 2 atom stereocenters. The predicted molar refractivity (Wildman–Crippen MR) is 55.8 cm³/mol. The number of fused-ring (bicyclic) bond motifs is 1. The van der Waals surface area contributed by atoms with Crippen molar-refractivity contribution in [2.45, 2.75) is 25.8 Å². The minimum absolute atomic E-state index is 0.797. The Morgan fingerprint density at radius 3 is 3.15 bits per heavy atom. The second-order valence-electron chi connectivity index (χ2n) is 4.56. The van der Waals surface area contributed by atoms with Gasteiger partial charge in [-0.1, -0.05) is 12.2 Å². The van der Waals surface area contributed by atoms with Gasteiger partial charge in [0, 0.05) is 19.1 Å². The third-order valence-electron chi connectivity index (χ3n) is 3.27. The van der Waals surface area contributed by atoms with Crippen LogP contribution in [-0.4, -0.2) is 37.1 Å². The molecule has 0 saturated carbocycles. The van der Waals surface area contributed by atoms with E-state index in [0.717, 1.165) is 18.5 Å². The molecule has 1 N–H and O–H groups in total. The fourth-order valence-corrected chi connectivity index (χ4v) is 2.71. The topological polar surface area (TPSA) is 15.3 Å². The minimum atomic E-state index is 0.797. The van der Waals surface area contributed by atoms with E-state index >= 15 is 0 Å². The van der Waals surface area contributed by atoms with Gasteiger partial charge in [-0.2, -0.15) is 0 Å². The lowest BCUT2D eigenvalue weighted by Crippen LogP contribution is -2.45. The van der Waals surface area contributed by atoms with E-state index in [4.69, 9.17) is 0 Å². The van der Waals surface area contributed by atoms with Crippen LogP contribution < -0.4 is 5.32 Å². The molecule has 2 heteroatoms. The first kappa shape index (κ1) is 9.22. The number of nitrogens with one attached hydrogen (secondary N) is 1. The van der Waals surface area contributed by atoms with Crippen LogP contribution in [0.2, 0.25) is 0 Å². The highest BCUT2D eigenvalue weighted by Crippen LogP contribution is 2.26. The third-order valence-corrected chi connectivity index (χ3v) is 3.27. The highest BCUT2D eigenvalue weighted by molar-refractivity contribution is 4.99. The van der Waals surface area contributed by atoms with Crippen molar-refractivity contribution >= 4 is 0 Å². The fourth-order valence-electron chi connectivity index (χ4n) is 2.71. The molecule has 0 aromatic heterocycles. The number of likely N-dealkylation sites (tertiary alicyclic amines) is 1. The molecule has 0 radical (unpaired) electrons. The Bertz CT molecular complexity index is 200. The van der Waals surface area contributed by atoms with Gasteiger partial charge in [-0.25, -0.2) is 0 Å². The maximum atomic E-state index is 4.00. The summed E-state index contributed by atoms with van der Waals surface area (Å²) >= 11 is 0. The lowest BCUT2D eigenvalue weighted by atomic mass is 9.92. The molecule has 2 nitrogen and oxygen atoms in total. The smallest absolute Gasteiger partial charge is 0.0264 e. The van der Waals surface area contributed by atoms with E-state index in [-0.39, 0.29) is 0 Å². The molecule has 0 amide bonds. The standard InChI is InChI=1S/C11H20N2/c1-9(2)8-13-5-3-4-10-6-12-7-11(10)13/h10-12H,1,3-8H2,2H3/t10-,11+/m1/s1. The van der Waals surface area contributed by atoms with Crippen molar-refractivity contribution in [2.24, 2.45) is 5.92 Å². The van der Waals surface area contributed by atoms with Crippen LogP contribution in [0.3, 0.4) is 0 Å². The first-order valence-electron chi connectivity index (χ1n) is 5.36. The Kier molecular flexibility index (Phi) is 2.70. The van der Waals surface area contributed by atoms with Crippen LogP contribution in [0.4, 0.5) is 0 Å². The second kappa shape index (κ2) is 3.81. The normalized spacial score (nSPS) is 34.5. The number of nitrogens with zero attached hydrogens (tertiary/aromatic N) is 1. The zero-order chi connectivity index (χ0) is 9.26. The highest BCUT2D eigenvalue weighted by atomic mass is 15.2. The van der Waals surface area contributed by atoms with Gasteiger partial charge in [-0.05, 0) is 38.8 Å². The molecule has 2 saturated heterocycles. The van der Waals surface area contributed by atoms with E-state index in [1.165, 1.54) is 38.0 Å². The van der Waals surface area contributed by atoms with Crippen LogP contribution in [0, 0.1) is 5.92 Å². The summed E-state index contributed by atoms with van der Waals surface area (Å²) in [5.74, 6) is 0.910. The summed E-state index contributed by atoms with van der Waals surface area (Å²) in [5.41, 5.74) is 1.30. The molecular formula is C11H20N2. The monoisotopic (exact) mass is 180 g/mol. The molecule has 0 aromatic rings. The molecular weight excluding hydrogens is 160 g/mol. The van der Waals surface area contributed by atoms with Crippen molar-refractivity contribution in [3.63, 3.8) is 0 Å². The molecule has 2 fully saturated rings. The summed E-state index contributed by atoms with van der Waals surface area (Å²) in [6.45, 7) is 10.9. The molecule has 0 aromatic carbocycles.